The number of amides is 1. The Hall–Kier alpha value is -3.96. The molecule has 1 amide bonds. The first-order valence-corrected chi connectivity index (χ1v) is 11.2. The molecule has 1 aromatic rings. The van der Waals surface area contributed by atoms with E-state index in [1.54, 1.807) is 0 Å². The smallest absolute Gasteiger partial charge is 0.305 e. The quantitative estimate of drug-likeness (QED) is 0.286. The summed E-state index contributed by atoms with van der Waals surface area (Å²) >= 11 is 0. The molecule has 5 unspecified atom stereocenters. The molecule has 0 heterocycles. The van der Waals surface area contributed by atoms with Crippen LogP contribution >= 0.6 is 0 Å². The fraction of sp³-hybridized carbons (Fsp3) is 0.360. The summed E-state index contributed by atoms with van der Waals surface area (Å²) in [5, 5.41) is 44.4. The number of carbonyl (C=O) groups excluding carboxylic acids is 4. The van der Waals surface area contributed by atoms with Crippen molar-refractivity contribution in [2.75, 3.05) is 14.1 Å². The van der Waals surface area contributed by atoms with Gasteiger partial charge in [0.1, 0.15) is 28.9 Å². The number of ketones is 2. The number of phenols is 1. The molecule has 0 aromatic heterocycles. The molecule has 36 heavy (non-hydrogen) atoms. The lowest BCUT2D eigenvalue weighted by atomic mass is 9.55. The number of primary amides is 1. The van der Waals surface area contributed by atoms with Crippen molar-refractivity contribution in [1.82, 2.24) is 4.90 Å². The Balaban J connectivity index is 2.12. The van der Waals surface area contributed by atoms with Crippen molar-refractivity contribution in [1.29, 1.82) is 0 Å². The van der Waals surface area contributed by atoms with Crippen LogP contribution in [0.3, 0.4) is 0 Å². The second-order valence-electron chi connectivity index (χ2n) is 9.25. The van der Waals surface area contributed by atoms with Gasteiger partial charge in [-0.1, -0.05) is 25.6 Å². The third-order valence-corrected chi connectivity index (χ3v) is 7.13. The Bertz CT molecular complexity index is 1310. The van der Waals surface area contributed by atoms with Gasteiger partial charge in [0.2, 0.25) is 5.78 Å². The average Bonchev–Trinajstić information content (AvgIpc) is 2.80. The Morgan fingerprint density at radius 3 is 2.39 bits per heavy atom. The molecule has 1 saturated carbocycles. The SMILES string of the molecule is C=C1c2cccc(O)c2C(O)=C2C(=O)C3(O)C(O)=C(C(N)=O)C(=O)C(N(C)C)C3C(OC(=O)CC)C12. The van der Waals surface area contributed by atoms with E-state index >= 15 is 0 Å². The molecule has 1 aromatic carbocycles. The van der Waals surface area contributed by atoms with Gasteiger partial charge in [0.15, 0.2) is 11.4 Å². The molecule has 11 heteroatoms. The zero-order valence-electron chi connectivity index (χ0n) is 19.8. The maximum atomic E-state index is 13.9. The maximum Gasteiger partial charge on any atom is 0.305 e. The van der Waals surface area contributed by atoms with Crippen molar-refractivity contribution in [2.24, 2.45) is 17.6 Å². The molecule has 190 valence electrons. The lowest BCUT2D eigenvalue weighted by Gasteiger charge is -2.53. The molecule has 0 aliphatic heterocycles. The van der Waals surface area contributed by atoms with Crippen LogP contribution in [0, 0.1) is 11.8 Å². The zero-order chi connectivity index (χ0) is 26.9. The second kappa shape index (κ2) is 8.32. The number of Topliss-reactive ketones (excluding diaryl/α,β-unsaturated/α-hetero) is 2. The number of hydrogen-bond donors (Lipinski definition) is 5. The lowest BCUT2D eigenvalue weighted by Crippen LogP contribution is -2.70. The van der Waals surface area contributed by atoms with Gasteiger partial charge in [-0.3, -0.25) is 24.1 Å². The highest BCUT2D eigenvalue weighted by Crippen LogP contribution is 2.56. The molecule has 11 nitrogen and oxygen atoms in total. The number of rotatable bonds is 4. The van der Waals surface area contributed by atoms with Crippen LogP contribution in [-0.4, -0.2) is 80.6 Å². The standard InChI is InChI=1S/C25H26N2O9/c1-5-12(29)36-21-13-9(2)10-7-6-8-11(28)14(10)19(30)15(13)22(32)25(35)17(21)18(27(3)4)20(31)16(23(25)33)24(26)34/h6-8,13,17-18,21,28,30,33,35H,2,5H2,1,3-4H3,(H2,26,34). The van der Waals surface area contributed by atoms with E-state index in [2.05, 4.69) is 6.58 Å². The highest BCUT2D eigenvalue weighted by atomic mass is 16.5. The van der Waals surface area contributed by atoms with Gasteiger partial charge in [-0.05, 0) is 31.3 Å². The van der Waals surface area contributed by atoms with Gasteiger partial charge in [0.25, 0.3) is 5.91 Å². The van der Waals surface area contributed by atoms with Crippen LogP contribution in [0.25, 0.3) is 11.3 Å². The van der Waals surface area contributed by atoms with E-state index in [0.29, 0.717) is 0 Å². The number of benzene rings is 1. The number of nitrogens with zero attached hydrogens (tertiary/aromatic N) is 1. The van der Waals surface area contributed by atoms with Crippen LogP contribution in [0.15, 0.2) is 41.7 Å². The third-order valence-electron chi connectivity index (χ3n) is 7.13. The van der Waals surface area contributed by atoms with Crippen molar-refractivity contribution in [3.63, 3.8) is 0 Å². The van der Waals surface area contributed by atoms with Gasteiger partial charge < -0.3 is 30.9 Å². The molecule has 3 aliphatic carbocycles. The van der Waals surface area contributed by atoms with Gasteiger partial charge in [-0.15, -0.1) is 0 Å². The Labute approximate surface area is 205 Å². The van der Waals surface area contributed by atoms with Crippen molar-refractivity contribution < 1.29 is 44.3 Å². The van der Waals surface area contributed by atoms with Crippen molar-refractivity contribution >= 4 is 34.8 Å². The Morgan fingerprint density at radius 2 is 1.83 bits per heavy atom. The number of carbonyl (C=O) groups is 4. The van der Waals surface area contributed by atoms with E-state index in [1.807, 2.05) is 0 Å². The first kappa shape index (κ1) is 25.1. The largest absolute Gasteiger partial charge is 0.508 e. The predicted octanol–water partition coefficient (Wildman–Crippen LogP) is 0.366. The minimum atomic E-state index is -2.98. The summed E-state index contributed by atoms with van der Waals surface area (Å²) in [6.07, 6.45) is -1.60. The van der Waals surface area contributed by atoms with E-state index in [1.165, 1.54) is 44.1 Å². The second-order valence-corrected chi connectivity index (χ2v) is 9.25. The van der Waals surface area contributed by atoms with Crippen LogP contribution in [0.5, 0.6) is 5.75 Å². The number of nitrogens with two attached hydrogens (primary N) is 1. The fourth-order valence-electron chi connectivity index (χ4n) is 5.56. The summed E-state index contributed by atoms with van der Waals surface area (Å²) in [4.78, 5) is 53.2. The summed E-state index contributed by atoms with van der Waals surface area (Å²) in [6.45, 7) is 5.53. The van der Waals surface area contributed by atoms with Crippen LogP contribution in [-0.2, 0) is 23.9 Å². The minimum absolute atomic E-state index is 0.105. The maximum absolute atomic E-state index is 13.9. The molecule has 4 rings (SSSR count). The fourth-order valence-corrected chi connectivity index (χ4v) is 5.56. The molecule has 0 bridgehead atoms. The summed E-state index contributed by atoms with van der Waals surface area (Å²) in [7, 11) is 2.89. The number of fused-ring (bicyclic) bond motifs is 3. The highest BCUT2D eigenvalue weighted by Gasteiger charge is 2.69. The van der Waals surface area contributed by atoms with Crippen molar-refractivity contribution in [3.8, 4) is 5.75 Å². The van der Waals surface area contributed by atoms with Gasteiger partial charge in [0.05, 0.1) is 29.0 Å². The molecule has 3 aliphatic rings. The molecule has 5 atom stereocenters. The van der Waals surface area contributed by atoms with Crippen molar-refractivity contribution in [3.05, 3.63) is 52.8 Å². The van der Waals surface area contributed by atoms with E-state index in [0.717, 1.165) is 0 Å². The van der Waals surface area contributed by atoms with E-state index in [-0.39, 0.29) is 28.9 Å². The molecular formula is C25H26N2O9. The topological polar surface area (TPSA) is 188 Å². The van der Waals surface area contributed by atoms with Crippen LogP contribution in [0.2, 0.25) is 0 Å². The molecule has 0 saturated heterocycles. The minimum Gasteiger partial charge on any atom is -0.508 e. The molecule has 0 spiro atoms. The normalized spacial score (nSPS) is 29.6. The number of aliphatic hydroxyl groups is 3. The van der Waals surface area contributed by atoms with Crippen LogP contribution in [0.1, 0.15) is 24.5 Å². The van der Waals surface area contributed by atoms with Crippen LogP contribution < -0.4 is 5.73 Å². The molecule has 0 radical (unpaired) electrons. The molecule has 6 N–H and O–H groups in total. The Morgan fingerprint density at radius 1 is 1.19 bits per heavy atom. The average molecular weight is 498 g/mol. The van der Waals surface area contributed by atoms with Gasteiger partial charge in [-0.25, -0.2) is 0 Å². The summed E-state index contributed by atoms with van der Waals surface area (Å²) in [5.41, 5.74) is 1.17. The summed E-state index contributed by atoms with van der Waals surface area (Å²) in [6, 6.07) is 2.86. The first-order valence-electron chi connectivity index (χ1n) is 11.2. The van der Waals surface area contributed by atoms with E-state index in [9.17, 15) is 39.6 Å². The van der Waals surface area contributed by atoms with E-state index in [4.69, 9.17) is 10.5 Å². The number of likely N-dealkylation sites (N-methyl/N-ethyl adjacent to an activating group) is 1. The van der Waals surface area contributed by atoms with Gasteiger partial charge in [-0.2, -0.15) is 0 Å². The predicted molar refractivity (Wildman–Crippen MR) is 125 cm³/mol. The van der Waals surface area contributed by atoms with Crippen molar-refractivity contribution in [2.45, 2.75) is 31.1 Å². The highest BCUT2D eigenvalue weighted by molar-refractivity contribution is 6.25. The Kier molecular flexibility index (Phi) is 5.81. The number of ether oxygens (including phenoxy) is 1. The zero-order valence-corrected chi connectivity index (χ0v) is 19.8. The first-order chi connectivity index (χ1) is 16.8. The summed E-state index contributed by atoms with van der Waals surface area (Å²) < 4.78 is 5.68. The van der Waals surface area contributed by atoms with E-state index < -0.39 is 75.7 Å². The lowest BCUT2D eigenvalue weighted by molar-refractivity contribution is -0.181. The number of aliphatic hydroxyl groups excluding tert-OH is 2. The number of phenolic OH excluding ortho intramolecular Hbond substituents is 1. The van der Waals surface area contributed by atoms with Crippen LogP contribution in [0.4, 0.5) is 0 Å². The number of esters is 1. The summed E-state index contributed by atoms with van der Waals surface area (Å²) in [5.74, 6) is -9.59. The molecular weight excluding hydrogens is 472 g/mol. The third kappa shape index (κ3) is 3.12. The number of hydrogen-bond acceptors (Lipinski definition) is 10. The van der Waals surface area contributed by atoms with Gasteiger partial charge >= 0.3 is 5.97 Å². The molecule has 1 fully saturated rings. The van der Waals surface area contributed by atoms with Gasteiger partial charge in [0, 0.05) is 6.42 Å². The monoisotopic (exact) mass is 498 g/mol. The number of aromatic hydroxyl groups is 1.